The Bertz CT molecular complexity index is 716. The van der Waals surface area contributed by atoms with E-state index in [1.54, 1.807) is 6.07 Å². The van der Waals surface area contributed by atoms with Crippen LogP contribution in [0.5, 0.6) is 0 Å². The standard InChI is InChI=1S/C16H17BrN2O5/c1-8(2)5-12(16(23)24)18-13(20)7-19-14(21)10-4-3-9(17)6-11(10)15(19)22/h3-4,6,8,12H,5,7H2,1-2H3,(H,18,20)(H,23,24)/t12-/m0/s1. The summed E-state index contributed by atoms with van der Waals surface area (Å²) >= 11 is 3.23. The SMILES string of the molecule is CC(C)C[C@H](NC(=O)CN1C(=O)c2ccc(Br)cc2C1=O)C(=O)O. The molecule has 3 amide bonds. The van der Waals surface area contributed by atoms with Crippen molar-refractivity contribution in [3.63, 3.8) is 0 Å². The van der Waals surface area contributed by atoms with Crippen LogP contribution in [0.1, 0.15) is 41.0 Å². The maximum Gasteiger partial charge on any atom is 0.326 e. The number of fused-ring (bicyclic) bond motifs is 1. The molecule has 0 fully saturated rings. The number of halogens is 1. The number of benzene rings is 1. The van der Waals surface area contributed by atoms with E-state index in [1.807, 2.05) is 13.8 Å². The number of nitrogens with one attached hydrogen (secondary N) is 1. The number of carboxylic acids is 1. The molecule has 0 radical (unpaired) electrons. The van der Waals surface area contributed by atoms with E-state index in [9.17, 15) is 19.2 Å². The van der Waals surface area contributed by atoms with Crippen LogP contribution in [-0.4, -0.2) is 46.3 Å². The third-order valence-corrected chi connectivity index (χ3v) is 4.07. The number of nitrogens with zero attached hydrogens (tertiary/aromatic N) is 1. The van der Waals surface area contributed by atoms with E-state index in [0.29, 0.717) is 4.47 Å². The third-order valence-electron chi connectivity index (χ3n) is 3.57. The van der Waals surface area contributed by atoms with E-state index in [-0.39, 0.29) is 23.5 Å². The fraction of sp³-hybridized carbons (Fsp3) is 0.375. The van der Waals surface area contributed by atoms with Crippen molar-refractivity contribution in [2.45, 2.75) is 26.3 Å². The summed E-state index contributed by atoms with van der Waals surface area (Å²) in [6, 6.07) is 3.61. The summed E-state index contributed by atoms with van der Waals surface area (Å²) in [6.07, 6.45) is 0.260. The van der Waals surface area contributed by atoms with Crippen molar-refractivity contribution in [2.24, 2.45) is 5.92 Å². The van der Waals surface area contributed by atoms with Gasteiger partial charge >= 0.3 is 5.97 Å². The van der Waals surface area contributed by atoms with Crippen molar-refractivity contribution < 1.29 is 24.3 Å². The second-order valence-electron chi connectivity index (χ2n) is 5.97. The molecule has 128 valence electrons. The molecule has 2 rings (SSSR count). The Kier molecular flexibility index (Phi) is 5.38. The summed E-state index contributed by atoms with van der Waals surface area (Å²) in [6.45, 7) is 3.17. The Balaban J connectivity index is 2.09. The van der Waals surface area contributed by atoms with Crippen LogP contribution < -0.4 is 5.32 Å². The average Bonchev–Trinajstić information content (AvgIpc) is 2.70. The number of carboxylic acid groups (broad SMARTS) is 1. The van der Waals surface area contributed by atoms with Crippen LogP contribution in [0.2, 0.25) is 0 Å². The van der Waals surface area contributed by atoms with Gasteiger partial charge in [0, 0.05) is 4.47 Å². The molecule has 1 heterocycles. The highest BCUT2D eigenvalue weighted by molar-refractivity contribution is 9.10. The third kappa shape index (κ3) is 3.81. The molecule has 1 atom stereocenters. The normalized spacial score (nSPS) is 14.8. The molecule has 1 aliphatic heterocycles. The molecule has 0 bridgehead atoms. The number of aliphatic carboxylic acids is 1. The van der Waals surface area contributed by atoms with Crippen molar-refractivity contribution in [1.29, 1.82) is 0 Å². The maximum atomic E-state index is 12.3. The molecule has 8 heteroatoms. The first kappa shape index (κ1) is 18.1. The molecule has 0 aromatic heterocycles. The second-order valence-corrected chi connectivity index (χ2v) is 6.89. The smallest absolute Gasteiger partial charge is 0.326 e. The predicted molar refractivity (Wildman–Crippen MR) is 88.5 cm³/mol. The van der Waals surface area contributed by atoms with Crippen molar-refractivity contribution in [1.82, 2.24) is 10.2 Å². The van der Waals surface area contributed by atoms with Crippen LogP contribution in [0.4, 0.5) is 0 Å². The second kappa shape index (κ2) is 7.12. The fourth-order valence-corrected chi connectivity index (χ4v) is 2.84. The monoisotopic (exact) mass is 396 g/mol. The summed E-state index contributed by atoms with van der Waals surface area (Å²) in [7, 11) is 0. The topological polar surface area (TPSA) is 104 Å². The van der Waals surface area contributed by atoms with Gasteiger partial charge in [-0.3, -0.25) is 19.3 Å². The molecule has 0 spiro atoms. The highest BCUT2D eigenvalue weighted by Crippen LogP contribution is 2.25. The van der Waals surface area contributed by atoms with Crippen molar-refractivity contribution in [3.05, 3.63) is 33.8 Å². The van der Waals surface area contributed by atoms with E-state index < -0.39 is 36.3 Å². The minimum absolute atomic E-state index is 0.0723. The Labute approximate surface area is 147 Å². The summed E-state index contributed by atoms with van der Waals surface area (Å²) < 4.78 is 0.650. The first-order valence-corrected chi connectivity index (χ1v) is 8.18. The minimum Gasteiger partial charge on any atom is -0.480 e. The Morgan fingerprint density at radius 1 is 1.21 bits per heavy atom. The molecular formula is C16H17BrN2O5. The average molecular weight is 397 g/mol. The first-order valence-electron chi connectivity index (χ1n) is 7.38. The van der Waals surface area contributed by atoms with Gasteiger partial charge in [-0.05, 0) is 30.5 Å². The number of carbonyl (C=O) groups excluding carboxylic acids is 3. The summed E-state index contributed by atoms with van der Waals surface area (Å²) in [5.41, 5.74) is 0.451. The highest BCUT2D eigenvalue weighted by Gasteiger charge is 2.37. The quantitative estimate of drug-likeness (QED) is 0.711. The van der Waals surface area contributed by atoms with Crippen molar-refractivity contribution in [2.75, 3.05) is 6.54 Å². The zero-order valence-corrected chi connectivity index (χ0v) is 14.8. The molecule has 0 saturated carbocycles. The van der Waals surface area contributed by atoms with E-state index in [0.717, 1.165) is 4.90 Å². The Hall–Kier alpha value is -2.22. The molecule has 1 aromatic carbocycles. The van der Waals surface area contributed by atoms with Gasteiger partial charge in [0.2, 0.25) is 5.91 Å². The summed E-state index contributed by atoms with van der Waals surface area (Å²) in [5.74, 6) is -2.89. The molecule has 0 aliphatic carbocycles. The van der Waals surface area contributed by atoms with Crippen LogP contribution in [-0.2, 0) is 9.59 Å². The minimum atomic E-state index is -1.15. The number of hydrogen-bond donors (Lipinski definition) is 2. The molecule has 2 N–H and O–H groups in total. The maximum absolute atomic E-state index is 12.3. The van der Waals surface area contributed by atoms with E-state index >= 15 is 0 Å². The largest absolute Gasteiger partial charge is 0.480 e. The van der Waals surface area contributed by atoms with E-state index in [2.05, 4.69) is 21.2 Å². The number of imide groups is 1. The fourth-order valence-electron chi connectivity index (χ4n) is 2.48. The van der Waals surface area contributed by atoms with Crippen molar-refractivity contribution in [3.8, 4) is 0 Å². The Morgan fingerprint density at radius 3 is 2.42 bits per heavy atom. The van der Waals surface area contributed by atoms with Crippen LogP contribution in [0, 0.1) is 5.92 Å². The highest BCUT2D eigenvalue weighted by atomic mass is 79.9. The van der Waals surface area contributed by atoms with Gasteiger partial charge in [0.1, 0.15) is 12.6 Å². The van der Waals surface area contributed by atoms with Gasteiger partial charge in [-0.1, -0.05) is 29.8 Å². The predicted octanol–water partition coefficient (Wildman–Crippen LogP) is 1.66. The Morgan fingerprint density at radius 2 is 1.83 bits per heavy atom. The van der Waals surface area contributed by atoms with Gasteiger partial charge in [-0.2, -0.15) is 0 Å². The molecular weight excluding hydrogens is 380 g/mol. The number of amides is 3. The molecule has 1 aliphatic rings. The summed E-state index contributed by atoms with van der Waals surface area (Å²) in [4.78, 5) is 48.6. The molecule has 1 aromatic rings. The van der Waals surface area contributed by atoms with Gasteiger partial charge in [0.15, 0.2) is 0 Å². The number of rotatable bonds is 6. The number of carbonyl (C=O) groups is 4. The molecule has 24 heavy (non-hydrogen) atoms. The zero-order chi connectivity index (χ0) is 18.0. The zero-order valence-electron chi connectivity index (χ0n) is 13.2. The van der Waals surface area contributed by atoms with E-state index in [1.165, 1.54) is 12.1 Å². The van der Waals surface area contributed by atoms with Gasteiger partial charge in [-0.15, -0.1) is 0 Å². The lowest BCUT2D eigenvalue weighted by molar-refractivity contribution is -0.142. The van der Waals surface area contributed by atoms with Gasteiger partial charge in [0.25, 0.3) is 11.8 Å². The lowest BCUT2D eigenvalue weighted by atomic mass is 10.0. The molecule has 0 saturated heterocycles. The van der Waals surface area contributed by atoms with Gasteiger partial charge in [0.05, 0.1) is 11.1 Å². The summed E-state index contributed by atoms with van der Waals surface area (Å²) in [5, 5.41) is 11.5. The van der Waals surface area contributed by atoms with Gasteiger partial charge in [-0.25, -0.2) is 4.79 Å². The van der Waals surface area contributed by atoms with Crippen LogP contribution in [0.15, 0.2) is 22.7 Å². The lowest BCUT2D eigenvalue weighted by Gasteiger charge is -2.19. The van der Waals surface area contributed by atoms with Crippen LogP contribution in [0.3, 0.4) is 0 Å². The lowest BCUT2D eigenvalue weighted by Crippen LogP contribution is -2.47. The van der Waals surface area contributed by atoms with Gasteiger partial charge < -0.3 is 10.4 Å². The van der Waals surface area contributed by atoms with Crippen molar-refractivity contribution >= 4 is 39.6 Å². The molecule has 7 nitrogen and oxygen atoms in total. The van der Waals surface area contributed by atoms with Crippen LogP contribution in [0.25, 0.3) is 0 Å². The first-order chi connectivity index (χ1) is 11.2. The molecule has 0 unspecified atom stereocenters. The number of hydrogen-bond acceptors (Lipinski definition) is 4. The van der Waals surface area contributed by atoms with E-state index in [4.69, 9.17) is 5.11 Å². The van der Waals surface area contributed by atoms with Crippen LogP contribution >= 0.6 is 15.9 Å².